The number of rotatable bonds is 9. The summed E-state index contributed by atoms with van der Waals surface area (Å²) < 4.78 is 8.30. The number of imidazole rings is 1. The number of Topliss-reactive ketones (excluding diaryl/α,β-unsaturated/α-hetero) is 1. The Morgan fingerprint density at radius 3 is 2.66 bits per heavy atom. The number of fused-ring (bicyclic) bond motifs is 1. The lowest BCUT2D eigenvalue weighted by molar-refractivity contribution is 0.0786. The summed E-state index contributed by atoms with van der Waals surface area (Å²) in [6, 6.07) is 8.83. The Labute approximate surface area is 167 Å². The Balaban J connectivity index is 1.94. The topological polar surface area (TPSA) is 111 Å². The van der Waals surface area contributed by atoms with Crippen molar-refractivity contribution < 1.29 is 9.53 Å². The van der Waals surface area contributed by atoms with Gasteiger partial charge >= 0.3 is 5.69 Å². The van der Waals surface area contributed by atoms with Crippen LogP contribution in [-0.2, 0) is 18.3 Å². The lowest BCUT2D eigenvalue weighted by Crippen LogP contribution is -2.29. The number of H-pyrrole nitrogens is 1. The Hall–Kier alpha value is -3.20. The number of nitrogens with zero attached hydrogens (tertiary/aromatic N) is 3. The zero-order valence-corrected chi connectivity index (χ0v) is 16.8. The minimum atomic E-state index is -0.576. The van der Waals surface area contributed by atoms with Gasteiger partial charge in [-0.2, -0.15) is 4.98 Å². The van der Waals surface area contributed by atoms with Gasteiger partial charge in [-0.3, -0.25) is 23.7 Å². The maximum Gasteiger partial charge on any atom is 0.329 e. The molecule has 9 heteroatoms. The molecule has 0 saturated carbocycles. The molecule has 0 aliphatic heterocycles. The maximum absolute atomic E-state index is 12.7. The van der Waals surface area contributed by atoms with E-state index in [-0.39, 0.29) is 29.6 Å². The van der Waals surface area contributed by atoms with Crippen LogP contribution in [0.5, 0.6) is 0 Å². The SMILES string of the molecule is CC(C)OCCCNc1nc2c(c(=O)[nH]c(=O)n2C)n1CC(=O)c1ccccc1. The molecule has 0 fully saturated rings. The molecule has 0 radical (unpaired) electrons. The normalized spacial score (nSPS) is 11.3. The van der Waals surface area contributed by atoms with Crippen molar-refractivity contribution in [3.63, 3.8) is 0 Å². The van der Waals surface area contributed by atoms with Gasteiger partial charge in [0.2, 0.25) is 5.95 Å². The van der Waals surface area contributed by atoms with Crippen LogP contribution in [-0.4, -0.2) is 44.1 Å². The van der Waals surface area contributed by atoms with E-state index in [2.05, 4.69) is 15.3 Å². The van der Waals surface area contributed by atoms with Gasteiger partial charge in [0.25, 0.3) is 5.56 Å². The molecule has 0 aliphatic rings. The summed E-state index contributed by atoms with van der Waals surface area (Å²) in [5.41, 5.74) is -0.198. The van der Waals surface area contributed by atoms with E-state index < -0.39 is 11.2 Å². The smallest absolute Gasteiger partial charge is 0.329 e. The number of nitrogens with one attached hydrogen (secondary N) is 2. The van der Waals surface area contributed by atoms with Crippen molar-refractivity contribution in [2.24, 2.45) is 7.05 Å². The number of aryl methyl sites for hydroxylation is 1. The van der Waals surface area contributed by atoms with E-state index in [4.69, 9.17) is 4.74 Å². The first-order valence-electron chi connectivity index (χ1n) is 9.51. The number of ether oxygens (including phenoxy) is 1. The van der Waals surface area contributed by atoms with Gasteiger partial charge in [0.05, 0.1) is 12.6 Å². The van der Waals surface area contributed by atoms with Crippen molar-refractivity contribution in [2.75, 3.05) is 18.5 Å². The molecule has 2 N–H and O–H groups in total. The molecular formula is C20H25N5O4. The number of aromatic amines is 1. The average molecular weight is 399 g/mol. The number of benzene rings is 1. The molecule has 154 valence electrons. The van der Waals surface area contributed by atoms with E-state index in [0.717, 1.165) is 6.42 Å². The second-order valence-electron chi connectivity index (χ2n) is 7.00. The number of ketones is 1. The predicted molar refractivity (Wildman–Crippen MR) is 111 cm³/mol. The minimum Gasteiger partial charge on any atom is -0.379 e. The molecule has 0 spiro atoms. The van der Waals surface area contributed by atoms with Gasteiger partial charge in [-0.25, -0.2) is 4.79 Å². The third kappa shape index (κ3) is 4.62. The Morgan fingerprint density at radius 1 is 1.24 bits per heavy atom. The monoisotopic (exact) mass is 399 g/mol. The fourth-order valence-electron chi connectivity index (χ4n) is 2.97. The zero-order chi connectivity index (χ0) is 21.0. The van der Waals surface area contributed by atoms with Gasteiger partial charge in [-0.05, 0) is 20.3 Å². The molecule has 3 aromatic rings. The van der Waals surface area contributed by atoms with Crippen LogP contribution >= 0.6 is 0 Å². The van der Waals surface area contributed by atoms with E-state index >= 15 is 0 Å². The molecule has 3 rings (SSSR count). The molecule has 2 heterocycles. The van der Waals surface area contributed by atoms with Crippen molar-refractivity contribution >= 4 is 22.9 Å². The summed E-state index contributed by atoms with van der Waals surface area (Å²) in [7, 11) is 1.53. The summed E-state index contributed by atoms with van der Waals surface area (Å²) in [6.07, 6.45) is 0.875. The standard InChI is InChI=1S/C20H25N5O4/c1-13(2)29-11-7-10-21-19-22-17-16(18(27)23-20(28)24(17)3)25(19)12-15(26)14-8-5-4-6-9-14/h4-6,8-9,13H,7,10-12H2,1-3H3,(H,21,22)(H,23,27,28). The number of anilines is 1. The summed E-state index contributed by atoms with van der Waals surface area (Å²) >= 11 is 0. The molecule has 9 nitrogen and oxygen atoms in total. The lowest BCUT2D eigenvalue weighted by Gasteiger charge is -2.11. The lowest BCUT2D eigenvalue weighted by atomic mass is 10.1. The largest absolute Gasteiger partial charge is 0.379 e. The highest BCUT2D eigenvalue weighted by Gasteiger charge is 2.19. The van der Waals surface area contributed by atoms with Crippen LogP contribution in [0.1, 0.15) is 30.6 Å². The zero-order valence-electron chi connectivity index (χ0n) is 16.8. The van der Waals surface area contributed by atoms with Crippen molar-refractivity contribution in [3.05, 3.63) is 56.7 Å². The van der Waals surface area contributed by atoms with Crippen LogP contribution in [0.4, 0.5) is 5.95 Å². The molecule has 0 amide bonds. The van der Waals surface area contributed by atoms with E-state index in [0.29, 0.717) is 24.7 Å². The molecule has 0 saturated heterocycles. The molecule has 0 atom stereocenters. The van der Waals surface area contributed by atoms with E-state index in [1.807, 2.05) is 19.9 Å². The predicted octanol–water partition coefficient (Wildman–Crippen LogP) is 1.53. The molecular weight excluding hydrogens is 374 g/mol. The van der Waals surface area contributed by atoms with Gasteiger partial charge in [-0.15, -0.1) is 0 Å². The number of aromatic nitrogens is 4. The number of carbonyl (C=O) groups excluding carboxylic acids is 1. The second kappa shape index (κ2) is 8.87. The molecule has 1 aromatic carbocycles. The van der Waals surface area contributed by atoms with Crippen molar-refractivity contribution in [1.82, 2.24) is 19.1 Å². The fraction of sp³-hybridized carbons (Fsp3) is 0.400. The van der Waals surface area contributed by atoms with Crippen molar-refractivity contribution in [1.29, 1.82) is 0 Å². The number of hydrogen-bond acceptors (Lipinski definition) is 6. The van der Waals surface area contributed by atoms with Crippen molar-refractivity contribution in [2.45, 2.75) is 32.9 Å². The van der Waals surface area contributed by atoms with E-state index in [1.54, 1.807) is 24.3 Å². The van der Waals surface area contributed by atoms with Crippen molar-refractivity contribution in [3.8, 4) is 0 Å². The highest BCUT2D eigenvalue weighted by atomic mass is 16.5. The molecule has 0 bridgehead atoms. The first-order chi connectivity index (χ1) is 13.9. The number of hydrogen-bond donors (Lipinski definition) is 2. The highest BCUT2D eigenvalue weighted by molar-refractivity contribution is 5.96. The van der Waals surface area contributed by atoms with E-state index in [9.17, 15) is 14.4 Å². The Bertz CT molecular complexity index is 1110. The molecule has 29 heavy (non-hydrogen) atoms. The van der Waals surface area contributed by atoms with Crippen LogP contribution in [0.2, 0.25) is 0 Å². The molecule has 2 aromatic heterocycles. The summed E-state index contributed by atoms with van der Waals surface area (Å²) in [4.78, 5) is 43.8. The first-order valence-corrected chi connectivity index (χ1v) is 9.51. The van der Waals surface area contributed by atoms with Crippen LogP contribution in [0.25, 0.3) is 11.2 Å². The van der Waals surface area contributed by atoms with Gasteiger partial charge in [0.1, 0.15) is 0 Å². The van der Waals surface area contributed by atoms with Crippen LogP contribution in [0.15, 0.2) is 39.9 Å². The maximum atomic E-state index is 12.7. The summed E-state index contributed by atoms with van der Waals surface area (Å²) in [6.45, 7) is 4.98. The molecule has 0 aliphatic carbocycles. The third-order valence-electron chi connectivity index (χ3n) is 4.46. The van der Waals surface area contributed by atoms with Gasteiger partial charge in [0.15, 0.2) is 16.9 Å². The first kappa shape index (κ1) is 20.5. The summed E-state index contributed by atoms with van der Waals surface area (Å²) in [5.74, 6) is 0.199. The third-order valence-corrected chi connectivity index (χ3v) is 4.46. The average Bonchev–Trinajstić information content (AvgIpc) is 3.05. The fourth-order valence-corrected chi connectivity index (χ4v) is 2.97. The van der Waals surface area contributed by atoms with Crippen LogP contribution in [0.3, 0.4) is 0 Å². The summed E-state index contributed by atoms with van der Waals surface area (Å²) in [5, 5.41) is 3.16. The Kier molecular flexibility index (Phi) is 6.28. The highest BCUT2D eigenvalue weighted by Crippen LogP contribution is 2.16. The second-order valence-corrected chi connectivity index (χ2v) is 7.00. The molecule has 0 unspecified atom stereocenters. The minimum absolute atomic E-state index is 0.0768. The van der Waals surface area contributed by atoms with Gasteiger partial charge < -0.3 is 10.1 Å². The van der Waals surface area contributed by atoms with E-state index in [1.165, 1.54) is 16.2 Å². The number of carbonyl (C=O) groups is 1. The van der Waals surface area contributed by atoms with Gasteiger partial charge in [0, 0.05) is 25.8 Å². The van der Waals surface area contributed by atoms with Crippen LogP contribution in [0, 0.1) is 0 Å². The Morgan fingerprint density at radius 2 is 1.97 bits per heavy atom. The van der Waals surface area contributed by atoms with Gasteiger partial charge in [-0.1, -0.05) is 30.3 Å². The van der Waals surface area contributed by atoms with Crippen LogP contribution < -0.4 is 16.6 Å². The quantitative estimate of drug-likeness (QED) is 0.417.